The first-order valence-electron chi connectivity index (χ1n) is 9.14. The van der Waals surface area contributed by atoms with E-state index in [1.807, 2.05) is 18.2 Å². The van der Waals surface area contributed by atoms with Crippen molar-refractivity contribution in [3.05, 3.63) is 57.6 Å². The molecule has 0 aliphatic carbocycles. The van der Waals surface area contributed by atoms with Crippen LogP contribution in [0.15, 0.2) is 36.4 Å². The molecule has 1 atom stereocenters. The molecule has 5 nitrogen and oxygen atoms in total. The van der Waals surface area contributed by atoms with Crippen LogP contribution in [0.5, 0.6) is 11.5 Å². The zero-order valence-electron chi connectivity index (χ0n) is 15.5. The number of likely N-dealkylation sites (tertiary alicyclic amines) is 1. The van der Waals surface area contributed by atoms with Gasteiger partial charge in [-0.2, -0.15) is 0 Å². The lowest BCUT2D eigenvalue weighted by Crippen LogP contribution is -2.63. The molecule has 1 N–H and O–H groups in total. The first kappa shape index (κ1) is 19.4. The second-order valence-corrected chi connectivity index (χ2v) is 8.51. The highest BCUT2D eigenvalue weighted by molar-refractivity contribution is 6.35. The molecule has 1 saturated heterocycles. The van der Waals surface area contributed by atoms with E-state index in [1.165, 1.54) is 0 Å². The van der Waals surface area contributed by atoms with Gasteiger partial charge in [-0.25, -0.2) is 0 Å². The summed E-state index contributed by atoms with van der Waals surface area (Å²) in [5.41, 5.74) is 1.21. The van der Waals surface area contributed by atoms with Crippen LogP contribution in [0.3, 0.4) is 0 Å². The topological polar surface area (TPSA) is 59.0 Å². The molecule has 1 unspecified atom stereocenters. The Hall–Kier alpha value is -1.95. The van der Waals surface area contributed by atoms with E-state index < -0.39 is 11.4 Å². The van der Waals surface area contributed by atoms with E-state index in [-0.39, 0.29) is 12.6 Å². The van der Waals surface area contributed by atoms with Gasteiger partial charge in [-0.3, -0.25) is 9.69 Å². The minimum atomic E-state index is -0.735. The fraction of sp³-hybridized carbons (Fsp3) is 0.381. The number of hydrogen-bond donors (Lipinski definition) is 1. The van der Waals surface area contributed by atoms with Crippen molar-refractivity contribution in [2.75, 3.05) is 19.7 Å². The number of carboxylic acid groups (broad SMARTS) is 1. The third-order valence-corrected chi connectivity index (χ3v) is 6.22. The van der Waals surface area contributed by atoms with Gasteiger partial charge in [-0.05, 0) is 37.1 Å². The van der Waals surface area contributed by atoms with Gasteiger partial charge in [0.1, 0.15) is 24.7 Å². The molecule has 0 amide bonds. The molecule has 2 heterocycles. The van der Waals surface area contributed by atoms with E-state index in [4.69, 9.17) is 32.7 Å². The predicted molar refractivity (Wildman–Crippen MR) is 108 cm³/mol. The van der Waals surface area contributed by atoms with Crippen molar-refractivity contribution in [3.8, 4) is 11.5 Å². The minimum Gasteiger partial charge on any atom is -0.492 e. The summed E-state index contributed by atoms with van der Waals surface area (Å²) in [6.45, 7) is 3.74. The van der Waals surface area contributed by atoms with Crippen molar-refractivity contribution in [2.24, 2.45) is 5.41 Å². The molecular weight excluding hydrogens is 401 g/mol. The molecule has 2 aliphatic rings. The number of carbonyl (C=O) groups is 1. The summed E-state index contributed by atoms with van der Waals surface area (Å²) in [5, 5.41) is 10.4. The molecule has 0 aromatic heterocycles. The monoisotopic (exact) mass is 421 g/mol. The van der Waals surface area contributed by atoms with E-state index >= 15 is 0 Å². The molecule has 1 fully saturated rings. The van der Waals surface area contributed by atoms with Crippen LogP contribution in [0.1, 0.15) is 18.1 Å². The molecule has 28 heavy (non-hydrogen) atoms. The van der Waals surface area contributed by atoms with Crippen molar-refractivity contribution in [2.45, 2.75) is 26.0 Å². The van der Waals surface area contributed by atoms with Gasteiger partial charge in [0.15, 0.2) is 0 Å². The van der Waals surface area contributed by atoms with Crippen molar-refractivity contribution in [1.82, 2.24) is 4.90 Å². The lowest BCUT2D eigenvalue weighted by molar-refractivity contribution is -0.161. The average Bonchev–Trinajstić information content (AvgIpc) is 2.64. The lowest BCUT2D eigenvalue weighted by Gasteiger charge is -2.49. The second kappa shape index (κ2) is 7.47. The quantitative estimate of drug-likeness (QED) is 0.780. The summed E-state index contributed by atoms with van der Waals surface area (Å²) in [7, 11) is 0. The molecule has 2 aliphatic heterocycles. The Labute approximate surface area is 173 Å². The maximum absolute atomic E-state index is 11.3. The number of rotatable bonds is 5. The summed E-state index contributed by atoms with van der Waals surface area (Å²) >= 11 is 12.4. The summed E-state index contributed by atoms with van der Waals surface area (Å²) in [4.78, 5) is 13.5. The third kappa shape index (κ3) is 3.66. The zero-order valence-corrected chi connectivity index (χ0v) is 17.0. The number of aliphatic carboxylic acids is 1. The van der Waals surface area contributed by atoms with Gasteiger partial charge in [0.05, 0.1) is 5.41 Å². The Morgan fingerprint density at radius 1 is 1.29 bits per heavy atom. The van der Waals surface area contributed by atoms with Crippen molar-refractivity contribution in [3.63, 3.8) is 0 Å². The van der Waals surface area contributed by atoms with Crippen LogP contribution in [-0.4, -0.2) is 41.7 Å². The van der Waals surface area contributed by atoms with E-state index in [2.05, 4.69) is 4.90 Å². The number of hydrogen-bond acceptors (Lipinski definition) is 4. The smallest absolute Gasteiger partial charge is 0.311 e. The van der Waals surface area contributed by atoms with Gasteiger partial charge >= 0.3 is 5.97 Å². The molecule has 0 bridgehead atoms. The highest BCUT2D eigenvalue weighted by atomic mass is 35.5. The minimum absolute atomic E-state index is 0.202. The highest BCUT2D eigenvalue weighted by Crippen LogP contribution is 2.37. The van der Waals surface area contributed by atoms with Crippen LogP contribution < -0.4 is 9.47 Å². The average molecular weight is 422 g/mol. The molecule has 0 spiro atoms. The van der Waals surface area contributed by atoms with Gasteiger partial charge in [0, 0.05) is 40.8 Å². The molecule has 2 aromatic rings. The number of halogens is 2. The van der Waals surface area contributed by atoms with Crippen LogP contribution in [0.4, 0.5) is 0 Å². The summed E-state index contributed by atoms with van der Waals surface area (Å²) < 4.78 is 11.8. The number of carboxylic acids is 1. The number of benzene rings is 2. The Morgan fingerprint density at radius 3 is 2.68 bits per heavy atom. The van der Waals surface area contributed by atoms with Crippen molar-refractivity contribution >= 4 is 29.2 Å². The van der Waals surface area contributed by atoms with E-state index in [9.17, 15) is 9.90 Å². The summed E-state index contributed by atoms with van der Waals surface area (Å²) in [6, 6.07) is 11.4. The highest BCUT2D eigenvalue weighted by Gasteiger charge is 2.48. The fourth-order valence-electron chi connectivity index (χ4n) is 3.73. The van der Waals surface area contributed by atoms with Gasteiger partial charge < -0.3 is 14.6 Å². The summed E-state index contributed by atoms with van der Waals surface area (Å²) in [5.74, 6) is 0.761. The molecule has 0 saturated carbocycles. The Balaban J connectivity index is 1.39. The normalized spacial score (nSPS) is 20.6. The van der Waals surface area contributed by atoms with E-state index in [1.54, 1.807) is 25.1 Å². The van der Waals surface area contributed by atoms with Crippen molar-refractivity contribution < 1.29 is 19.4 Å². The number of ether oxygens (including phenoxy) is 2. The number of fused-ring (bicyclic) bond motifs is 1. The lowest BCUT2D eigenvalue weighted by atomic mass is 9.80. The maximum Gasteiger partial charge on any atom is 0.311 e. The number of nitrogens with zero attached hydrogens (tertiary/aromatic N) is 1. The molecule has 4 rings (SSSR count). The van der Waals surface area contributed by atoms with Crippen molar-refractivity contribution in [1.29, 1.82) is 0 Å². The molecule has 148 valence electrons. The summed E-state index contributed by atoms with van der Waals surface area (Å²) in [6.07, 6.45) is 0.835. The SMILES string of the molecule is CC1(C(=O)O)CN(C2COc3cc(OCc4c(Cl)cccc4Cl)ccc3C2)C1. The largest absolute Gasteiger partial charge is 0.492 e. The molecule has 2 aromatic carbocycles. The third-order valence-electron chi connectivity index (χ3n) is 5.51. The van der Waals surface area contributed by atoms with Gasteiger partial charge in [0.2, 0.25) is 0 Å². The first-order chi connectivity index (χ1) is 13.4. The Kier molecular flexibility index (Phi) is 5.17. The van der Waals surface area contributed by atoms with Gasteiger partial charge in [-0.1, -0.05) is 35.3 Å². The molecular formula is C21H21Cl2NO4. The fourth-order valence-corrected chi connectivity index (χ4v) is 4.24. The van der Waals surface area contributed by atoms with Crippen LogP contribution in [0.25, 0.3) is 0 Å². The Morgan fingerprint density at radius 2 is 2.00 bits per heavy atom. The van der Waals surface area contributed by atoms with Crippen LogP contribution in [-0.2, 0) is 17.8 Å². The van der Waals surface area contributed by atoms with Crippen LogP contribution in [0, 0.1) is 5.41 Å². The molecule has 7 heteroatoms. The van der Waals surface area contributed by atoms with E-state index in [0.29, 0.717) is 35.5 Å². The van der Waals surface area contributed by atoms with Crippen LogP contribution in [0.2, 0.25) is 10.0 Å². The van der Waals surface area contributed by atoms with E-state index in [0.717, 1.165) is 23.3 Å². The zero-order chi connectivity index (χ0) is 19.9. The molecule has 0 radical (unpaired) electrons. The maximum atomic E-state index is 11.3. The first-order valence-corrected chi connectivity index (χ1v) is 9.90. The Bertz CT molecular complexity index is 891. The standard InChI is InChI=1S/C21H21Cl2NO4/c1-21(20(25)26)11-24(12-21)14-7-13-5-6-15(8-19(13)28-9-14)27-10-16-17(22)3-2-4-18(16)23/h2-6,8,14H,7,9-12H2,1H3,(H,25,26). The van der Waals surface area contributed by atoms with Crippen LogP contribution >= 0.6 is 23.2 Å². The van der Waals surface area contributed by atoms with Gasteiger partial charge in [0.25, 0.3) is 0 Å². The predicted octanol–water partition coefficient (Wildman–Crippen LogP) is 4.28. The second-order valence-electron chi connectivity index (χ2n) is 7.70. The van der Waals surface area contributed by atoms with Gasteiger partial charge in [-0.15, -0.1) is 0 Å².